The van der Waals surface area contributed by atoms with Gasteiger partial charge in [-0.1, -0.05) is 12.1 Å². The minimum absolute atomic E-state index is 0.131. The number of hydrogen-bond acceptors (Lipinski definition) is 2. The van der Waals surface area contributed by atoms with E-state index in [0.717, 1.165) is 5.56 Å². The average molecular weight is 216 g/mol. The Balaban J connectivity index is 2.68. The van der Waals surface area contributed by atoms with Crippen molar-refractivity contribution < 1.29 is 4.79 Å². The summed E-state index contributed by atoms with van der Waals surface area (Å²) in [7, 11) is 0. The number of nitrogens with one attached hydrogen (secondary N) is 1. The quantitative estimate of drug-likeness (QED) is 0.459. The fraction of sp³-hybridized carbons (Fsp3) is 0.308. The van der Waals surface area contributed by atoms with Crippen molar-refractivity contribution in [2.24, 2.45) is 0 Å². The van der Waals surface area contributed by atoms with E-state index in [9.17, 15) is 4.79 Å². The van der Waals surface area contributed by atoms with E-state index < -0.39 is 0 Å². The highest BCUT2D eigenvalue weighted by molar-refractivity contribution is 6.00. The number of nitrogen functional groups attached to an aromatic ring is 1. The number of carbonyl (C=O) groups is 1. The molecule has 84 valence electrons. The van der Waals surface area contributed by atoms with Gasteiger partial charge in [-0.25, -0.2) is 0 Å². The Hall–Kier alpha value is -1.95. The monoisotopic (exact) mass is 216 g/mol. The van der Waals surface area contributed by atoms with Crippen LogP contribution in [0.25, 0.3) is 0 Å². The molecule has 0 radical (unpaired) electrons. The number of anilines is 1. The molecule has 0 saturated carbocycles. The molecule has 0 aliphatic carbocycles. The molecule has 0 saturated heterocycles. The zero-order chi connectivity index (χ0) is 12.0. The van der Waals surface area contributed by atoms with E-state index in [1.54, 1.807) is 13.0 Å². The van der Waals surface area contributed by atoms with E-state index >= 15 is 0 Å². The fourth-order valence-corrected chi connectivity index (χ4v) is 1.45. The summed E-state index contributed by atoms with van der Waals surface area (Å²) < 4.78 is 0. The topological polar surface area (TPSA) is 55.1 Å². The Labute approximate surface area is 96.0 Å². The van der Waals surface area contributed by atoms with E-state index in [-0.39, 0.29) is 5.91 Å². The standard InChI is InChI=1S/C13H16N2O/c1-3-4-5-9-15-13(16)12-10(2)7-6-8-11(12)14/h6-8H,5,9,14H2,1-2H3,(H,15,16). The van der Waals surface area contributed by atoms with Gasteiger partial charge < -0.3 is 11.1 Å². The molecule has 0 aliphatic heterocycles. The highest BCUT2D eigenvalue weighted by Crippen LogP contribution is 2.15. The minimum Gasteiger partial charge on any atom is -0.398 e. The summed E-state index contributed by atoms with van der Waals surface area (Å²) >= 11 is 0. The predicted octanol–water partition coefficient (Wildman–Crippen LogP) is 1.72. The summed E-state index contributed by atoms with van der Waals surface area (Å²) in [4.78, 5) is 11.8. The van der Waals surface area contributed by atoms with Crippen molar-refractivity contribution in [1.82, 2.24) is 5.32 Å². The molecule has 1 amide bonds. The SMILES string of the molecule is CC#CCCNC(=O)c1c(C)cccc1N. The van der Waals surface area contributed by atoms with Crippen LogP contribution in [0.1, 0.15) is 29.3 Å². The Morgan fingerprint density at radius 3 is 2.88 bits per heavy atom. The number of hydrogen-bond donors (Lipinski definition) is 2. The molecule has 0 unspecified atom stereocenters. The van der Waals surface area contributed by atoms with E-state index in [4.69, 9.17) is 5.73 Å². The van der Waals surface area contributed by atoms with Crippen molar-refractivity contribution in [3.05, 3.63) is 29.3 Å². The largest absolute Gasteiger partial charge is 0.398 e. The molecule has 0 heterocycles. The molecule has 3 N–H and O–H groups in total. The zero-order valence-electron chi connectivity index (χ0n) is 9.63. The first kappa shape index (κ1) is 12.1. The third-order valence-electron chi connectivity index (χ3n) is 2.24. The van der Waals surface area contributed by atoms with Gasteiger partial charge in [0, 0.05) is 18.7 Å². The molecule has 16 heavy (non-hydrogen) atoms. The third-order valence-corrected chi connectivity index (χ3v) is 2.24. The normalized spacial score (nSPS) is 9.12. The summed E-state index contributed by atoms with van der Waals surface area (Å²) in [5.41, 5.74) is 7.73. The number of amides is 1. The van der Waals surface area contributed by atoms with E-state index in [2.05, 4.69) is 17.2 Å². The van der Waals surface area contributed by atoms with Gasteiger partial charge in [0.25, 0.3) is 5.91 Å². The van der Waals surface area contributed by atoms with Crippen LogP contribution in [-0.4, -0.2) is 12.5 Å². The molecule has 0 atom stereocenters. The first-order valence-corrected chi connectivity index (χ1v) is 5.19. The molecular weight excluding hydrogens is 200 g/mol. The van der Waals surface area contributed by atoms with Crippen molar-refractivity contribution in [2.75, 3.05) is 12.3 Å². The zero-order valence-corrected chi connectivity index (χ0v) is 9.63. The van der Waals surface area contributed by atoms with Crippen LogP contribution >= 0.6 is 0 Å². The van der Waals surface area contributed by atoms with Crippen LogP contribution in [0, 0.1) is 18.8 Å². The molecule has 0 aromatic heterocycles. The van der Waals surface area contributed by atoms with Gasteiger partial charge in [-0.3, -0.25) is 4.79 Å². The van der Waals surface area contributed by atoms with E-state index in [1.165, 1.54) is 0 Å². The predicted molar refractivity (Wildman–Crippen MR) is 66.0 cm³/mol. The van der Waals surface area contributed by atoms with Crippen LogP contribution in [-0.2, 0) is 0 Å². The third kappa shape index (κ3) is 3.03. The molecule has 1 rings (SSSR count). The first-order chi connectivity index (χ1) is 7.66. The van der Waals surface area contributed by atoms with Crippen LogP contribution in [0.15, 0.2) is 18.2 Å². The van der Waals surface area contributed by atoms with Crippen LogP contribution < -0.4 is 11.1 Å². The number of aryl methyl sites for hydroxylation is 1. The highest BCUT2D eigenvalue weighted by Gasteiger charge is 2.11. The van der Waals surface area contributed by atoms with Gasteiger partial charge in [0.15, 0.2) is 0 Å². The number of nitrogens with two attached hydrogens (primary N) is 1. The van der Waals surface area contributed by atoms with Crippen LogP contribution in [0.2, 0.25) is 0 Å². The Kier molecular flexibility index (Phi) is 4.41. The van der Waals surface area contributed by atoms with E-state index in [0.29, 0.717) is 24.2 Å². The Bertz CT molecular complexity index is 421. The lowest BCUT2D eigenvalue weighted by atomic mass is 10.1. The lowest BCUT2D eigenvalue weighted by Gasteiger charge is -2.08. The van der Waals surface area contributed by atoms with Crippen LogP contribution in [0.5, 0.6) is 0 Å². The molecule has 0 fully saturated rings. The van der Waals surface area contributed by atoms with Crippen molar-refractivity contribution >= 4 is 11.6 Å². The van der Waals surface area contributed by atoms with Gasteiger partial charge in [0.05, 0.1) is 5.56 Å². The lowest BCUT2D eigenvalue weighted by Crippen LogP contribution is -2.25. The van der Waals surface area contributed by atoms with Crippen molar-refractivity contribution in [3.63, 3.8) is 0 Å². The fourth-order valence-electron chi connectivity index (χ4n) is 1.45. The summed E-state index contributed by atoms with van der Waals surface area (Å²) in [6.45, 7) is 4.20. The van der Waals surface area contributed by atoms with Gasteiger partial charge in [-0.2, -0.15) is 0 Å². The highest BCUT2D eigenvalue weighted by atomic mass is 16.1. The number of carbonyl (C=O) groups excluding carboxylic acids is 1. The second-order valence-electron chi connectivity index (χ2n) is 3.47. The maximum atomic E-state index is 11.8. The molecule has 1 aromatic carbocycles. The smallest absolute Gasteiger partial charge is 0.253 e. The average Bonchev–Trinajstić information content (AvgIpc) is 2.24. The second kappa shape index (κ2) is 5.82. The molecule has 0 bridgehead atoms. The van der Waals surface area contributed by atoms with E-state index in [1.807, 2.05) is 19.1 Å². The minimum atomic E-state index is -0.131. The molecule has 3 nitrogen and oxygen atoms in total. The van der Waals surface area contributed by atoms with Gasteiger partial charge in [0.1, 0.15) is 0 Å². The summed E-state index contributed by atoms with van der Waals surface area (Å²) in [5.74, 6) is 5.54. The van der Waals surface area contributed by atoms with Crippen molar-refractivity contribution in [2.45, 2.75) is 20.3 Å². The molecule has 0 spiro atoms. The molecule has 0 aliphatic rings. The van der Waals surface area contributed by atoms with Gasteiger partial charge in [0.2, 0.25) is 0 Å². The Morgan fingerprint density at radius 1 is 1.50 bits per heavy atom. The number of rotatable bonds is 3. The lowest BCUT2D eigenvalue weighted by molar-refractivity contribution is 0.0955. The maximum Gasteiger partial charge on any atom is 0.253 e. The molecular formula is C13H16N2O. The molecule has 1 aromatic rings. The first-order valence-electron chi connectivity index (χ1n) is 5.19. The van der Waals surface area contributed by atoms with Crippen LogP contribution in [0.4, 0.5) is 5.69 Å². The van der Waals surface area contributed by atoms with Gasteiger partial charge in [-0.05, 0) is 25.5 Å². The maximum absolute atomic E-state index is 11.8. The van der Waals surface area contributed by atoms with Crippen molar-refractivity contribution in [1.29, 1.82) is 0 Å². The van der Waals surface area contributed by atoms with Crippen molar-refractivity contribution in [3.8, 4) is 11.8 Å². The van der Waals surface area contributed by atoms with Gasteiger partial charge in [-0.15, -0.1) is 11.8 Å². The molecule has 3 heteroatoms. The number of benzene rings is 1. The summed E-state index contributed by atoms with van der Waals surface area (Å²) in [5, 5.41) is 2.79. The van der Waals surface area contributed by atoms with Gasteiger partial charge >= 0.3 is 0 Å². The summed E-state index contributed by atoms with van der Waals surface area (Å²) in [6, 6.07) is 5.44. The summed E-state index contributed by atoms with van der Waals surface area (Å²) in [6.07, 6.45) is 0.661. The van der Waals surface area contributed by atoms with Crippen LogP contribution in [0.3, 0.4) is 0 Å². The Morgan fingerprint density at radius 2 is 2.25 bits per heavy atom. The second-order valence-corrected chi connectivity index (χ2v) is 3.47.